The van der Waals surface area contributed by atoms with Crippen molar-refractivity contribution < 1.29 is 4.74 Å². The van der Waals surface area contributed by atoms with Crippen molar-refractivity contribution in [1.82, 2.24) is 9.78 Å². The van der Waals surface area contributed by atoms with Gasteiger partial charge >= 0.3 is 0 Å². The molecule has 4 aromatic rings. The number of aliphatic imine (C=N–C) groups is 1. The van der Waals surface area contributed by atoms with Gasteiger partial charge in [-0.05, 0) is 48.9 Å². The van der Waals surface area contributed by atoms with Crippen LogP contribution in [0.1, 0.15) is 11.3 Å². The quantitative estimate of drug-likeness (QED) is 0.355. The van der Waals surface area contributed by atoms with E-state index in [0.717, 1.165) is 33.9 Å². The summed E-state index contributed by atoms with van der Waals surface area (Å²) in [6, 6.07) is 23.6. The highest BCUT2D eigenvalue weighted by Gasteiger charge is 2.24. The second-order valence-corrected chi connectivity index (χ2v) is 7.09. The maximum atomic E-state index is 6.36. The number of nitrogens with zero attached hydrogens (tertiary/aromatic N) is 3. The Kier molecular flexibility index (Phi) is 3.99. The van der Waals surface area contributed by atoms with Gasteiger partial charge in [0.1, 0.15) is 17.1 Å². The van der Waals surface area contributed by atoms with Gasteiger partial charge in [0, 0.05) is 10.6 Å². The van der Waals surface area contributed by atoms with Crippen LogP contribution in [-0.4, -0.2) is 16.0 Å². The Hall–Kier alpha value is -3.37. The molecular formula is C23H16ClN3O. The fraction of sp³-hybridized carbons (Fsp3) is 0.0435. The highest BCUT2D eigenvalue weighted by molar-refractivity contribution is 6.30. The van der Waals surface area contributed by atoms with Crippen molar-refractivity contribution in [2.24, 2.45) is 4.99 Å². The second kappa shape index (κ2) is 6.66. The molecule has 1 aliphatic heterocycles. The van der Waals surface area contributed by atoms with Gasteiger partial charge in [-0.25, -0.2) is 4.68 Å². The van der Waals surface area contributed by atoms with Gasteiger partial charge in [-0.3, -0.25) is 4.99 Å². The Labute approximate surface area is 167 Å². The van der Waals surface area contributed by atoms with E-state index in [2.05, 4.69) is 4.99 Å². The van der Waals surface area contributed by atoms with Crippen molar-refractivity contribution in [3.8, 4) is 28.4 Å². The molecule has 0 unspecified atom stereocenters. The SMILES string of the molecule is Cc1ccc2c(c1)Oc1c(nn(-c3ccccc3)c1-c1ccc(Cl)cc1)C=N2. The topological polar surface area (TPSA) is 39.4 Å². The number of rotatable bonds is 2. The number of ether oxygens (including phenoxy) is 1. The lowest BCUT2D eigenvalue weighted by molar-refractivity contribution is 0.486. The Morgan fingerprint density at radius 2 is 1.71 bits per heavy atom. The molecule has 1 aliphatic rings. The number of benzene rings is 3. The minimum atomic E-state index is 0.680. The average Bonchev–Trinajstić information content (AvgIpc) is 2.97. The summed E-state index contributed by atoms with van der Waals surface area (Å²) in [5.41, 5.74) is 5.35. The molecule has 0 N–H and O–H groups in total. The zero-order valence-electron chi connectivity index (χ0n) is 15.1. The minimum absolute atomic E-state index is 0.680. The molecule has 5 heteroatoms. The van der Waals surface area contributed by atoms with Crippen LogP contribution >= 0.6 is 11.6 Å². The molecule has 0 aliphatic carbocycles. The number of aromatic nitrogens is 2. The zero-order chi connectivity index (χ0) is 19.1. The summed E-state index contributed by atoms with van der Waals surface area (Å²) >= 11 is 6.11. The van der Waals surface area contributed by atoms with E-state index in [1.165, 1.54) is 0 Å². The summed E-state index contributed by atoms with van der Waals surface area (Å²) in [5, 5.41) is 5.48. The second-order valence-electron chi connectivity index (χ2n) is 6.65. The highest BCUT2D eigenvalue weighted by atomic mass is 35.5. The zero-order valence-corrected chi connectivity index (χ0v) is 15.9. The molecule has 28 heavy (non-hydrogen) atoms. The third kappa shape index (κ3) is 2.88. The van der Waals surface area contributed by atoms with Crippen LogP contribution in [0, 0.1) is 6.92 Å². The fourth-order valence-electron chi connectivity index (χ4n) is 3.27. The van der Waals surface area contributed by atoms with Gasteiger partial charge in [-0.15, -0.1) is 0 Å². The third-order valence-corrected chi connectivity index (χ3v) is 4.89. The molecule has 0 fully saturated rings. The molecular weight excluding hydrogens is 370 g/mol. The molecule has 2 heterocycles. The van der Waals surface area contributed by atoms with Crippen LogP contribution in [0.5, 0.6) is 11.5 Å². The molecule has 0 atom stereocenters. The summed E-state index contributed by atoms with van der Waals surface area (Å²) in [5.74, 6) is 1.40. The summed E-state index contributed by atoms with van der Waals surface area (Å²) in [6.45, 7) is 2.03. The lowest BCUT2D eigenvalue weighted by atomic mass is 10.1. The lowest BCUT2D eigenvalue weighted by Crippen LogP contribution is -2.00. The van der Waals surface area contributed by atoms with Crippen LogP contribution in [0.2, 0.25) is 5.02 Å². The molecule has 5 rings (SSSR count). The van der Waals surface area contributed by atoms with Gasteiger partial charge in [0.15, 0.2) is 11.5 Å². The van der Waals surface area contributed by atoms with Gasteiger partial charge in [0.2, 0.25) is 0 Å². The highest BCUT2D eigenvalue weighted by Crippen LogP contribution is 2.42. The lowest BCUT2D eigenvalue weighted by Gasteiger charge is -2.12. The van der Waals surface area contributed by atoms with Crippen LogP contribution in [0.4, 0.5) is 5.69 Å². The van der Waals surface area contributed by atoms with Crippen molar-refractivity contribution in [2.75, 3.05) is 0 Å². The smallest absolute Gasteiger partial charge is 0.182 e. The van der Waals surface area contributed by atoms with E-state index in [4.69, 9.17) is 21.4 Å². The number of aryl methyl sites for hydroxylation is 1. The van der Waals surface area contributed by atoms with E-state index >= 15 is 0 Å². The van der Waals surface area contributed by atoms with E-state index in [0.29, 0.717) is 16.5 Å². The molecule has 0 bridgehead atoms. The minimum Gasteiger partial charge on any atom is -0.450 e. The van der Waals surface area contributed by atoms with Gasteiger partial charge in [0.05, 0.1) is 11.9 Å². The fourth-order valence-corrected chi connectivity index (χ4v) is 3.40. The molecule has 0 saturated heterocycles. The third-order valence-electron chi connectivity index (χ3n) is 4.64. The number of halogens is 1. The Morgan fingerprint density at radius 1 is 0.929 bits per heavy atom. The first-order valence-electron chi connectivity index (χ1n) is 8.96. The largest absolute Gasteiger partial charge is 0.450 e. The monoisotopic (exact) mass is 385 g/mol. The van der Waals surface area contributed by atoms with Crippen molar-refractivity contribution in [2.45, 2.75) is 6.92 Å². The Balaban J connectivity index is 1.76. The van der Waals surface area contributed by atoms with Crippen molar-refractivity contribution >= 4 is 23.5 Å². The number of hydrogen-bond donors (Lipinski definition) is 0. The molecule has 3 aromatic carbocycles. The summed E-state index contributed by atoms with van der Waals surface area (Å²) in [6.07, 6.45) is 1.76. The van der Waals surface area contributed by atoms with E-state index in [1.807, 2.05) is 84.4 Å². The number of hydrogen-bond acceptors (Lipinski definition) is 3. The van der Waals surface area contributed by atoms with Gasteiger partial charge in [0.25, 0.3) is 0 Å². The molecule has 0 amide bonds. The summed E-state index contributed by atoms with van der Waals surface area (Å²) < 4.78 is 8.25. The van der Waals surface area contributed by atoms with E-state index in [-0.39, 0.29) is 0 Å². The Morgan fingerprint density at radius 3 is 2.50 bits per heavy atom. The Bertz CT molecular complexity index is 1190. The molecule has 0 radical (unpaired) electrons. The predicted molar refractivity (Wildman–Crippen MR) is 113 cm³/mol. The van der Waals surface area contributed by atoms with Crippen molar-refractivity contribution in [1.29, 1.82) is 0 Å². The van der Waals surface area contributed by atoms with Gasteiger partial charge in [-0.2, -0.15) is 5.10 Å². The standard InChI is InChI=1S/C23H16ClN3O/c1-15-7-12-19-21(13-15)28-23-20(14-25-19)26-27(18-5-3-2-4-6-18)22(23)16-8-10-17(24)11-9-16/h2-14H,1H3. The van der Waals surface area contributed by atoms with Gasteiger partial charge in [-0.1, -0.05) is 48.0 Å². The first kappa shape index (κ1) is 16.8. The molecule has 0 spiro atoms. The first-order chi connectivity index (χ1) is 13.7. The van der Waals surface area contributed by atoms with Crippen LogP contribution in [0.25, 0.3) is 16.9 Å². The molecule has 136 valence electrons. The van der Waals surface area contributed by atoms with Crippen LogP contribution in [-0.2, 0) is 0 Å². The van der Waals surface area contributed by atoms with E-state index in [1.54, 1.807) is 6.21 Å². The molecule has 1 aromatic heterocycles. The van der Waals surface area contributed by atoms with Crippen molar-refractivity contribution in [3.63, 3.8) is 0 Å². The van der Waals surface area contributed by atoms with E-state index in [9.17, 15) is 0 Å². The van der Waals surface area contributed by atoms with Crippen LogP contribution in [0.15, 0.2) is 77.8 Å². The summed E-state index contributed by atoms with van der Waals surface area (Å²) in [7, 11) is 0. The van der Waals surface area contributed by atoms with Gasteiger partial charge < -0.3 is 4.74 Å². The number of para-hydroxylation sites is 1. The van der Waals surface area contributed by atoms with Crippen LogP contribution in [0.3, 0.4) is 0 Å². The number of fused-ring (bicyclic) bond motifs is 2. The normalized spacial score (nSPS) is 12.1. The predicted octanol–water partition coefficient (Wildman–Crippen LogP) is 6.36. The summed E-state index contributed by atoms with van der Waals surface area (Å²) in [4.78, 5) is 4.58. The van der Waals surface area contributed by atoms with E-state index < -0.39 is 0 Å². The molecule has 4 nitrogen and oxygen atoms in total. The first-order valence-corrected chi connectivity index (χ1v) is 9.34. The van der Waals surface area contributed by atoms with Crippen molar-refractivity contribution in [3.05, 3.63) is 89.1 Å². The maximum absolute atomic E-state index is 6.36. The average molecular weight is 386 g/mol. The molecule has 0 saturated carbocycles. The maximum Gasteiger partial charge on any atom is 0.182 e. The van der Waals surface area contributed by atoms with Crippen LogP contribution < -0.4 is 4.74 Å².